The van der Waals surface area contributed by atoms with Gasteiger partial charge in [0.05, 0.1) is 19.6 Å². The number of carbonyl (C=O) groups is 1. The standard InChI is InChI=1S/C11H14O4/c1-14-9-6-4-3-5-8(9)10(15-2)7-11(12)13/h3-6,10H,7H2,1-2H3,(H,12,13). The van der Waals surface area contributed by atoms with Crippen LogP contribution in [0.25, 0.3) is 0 Å². The fourth-order valence-corrected chi connectivity index (χ4v) is 1.41. The molecule has 0 aliphatic rings. The zero-order valence-electron chi connectivity index (χ0n) is 8.77. The Kier molecular flexibility index (Phi) is 4.12. The van der Waals surface area contributed by atoms with Crippen molar-refractivity contribution in [2.75, 3.05) is 14.2 Å². The molecule has 0 bridgehead atoms. The van der Waals surface area contributed by atoms with Gasteiger partial charge >= 0.3 is 5.97 Å². The second-order valence-corrected chi connectivity index (χ2v) is 3.06. The van der Waals surface area contributed by atoms with Crippen LogP contribution < -0.4 is 4.74 Å². The zero-order chi connectivity index (χ0) is 11.3. The van der Waals surface area contributed by atoms with E-state index in [0.717, 1.165) is 5.56 Å². The summed E-state index contributed by atoms with van der Waals surface area (Å²) < 4.78 is 10.3. The number of hydrogen-bond acceptors (Lipinski definition) is 3. The smallest absolute Gasteiger partial charge is 0.306 e. The Morgan fingerprint density at radius 2 is 2.07 bits per heavy atom. The number of para-hydroxylation sites is 1. The molecule has 0 aromatic heterocycles. The summed E-state index contributed by atoms with van der Waals surface area (Å²) in [5.41, 5.74) is 0.755. The minimum absolute atomic E-state index is 0.0725. The first-order valence-corrected chi connectivity index (χ1v) is 4.56. The molecule has 0 aliphatic heterocycles. The highest BCUT2D eigenvalue weighted by Crippen LogP contribution is 2.29. The van der Waals surface area contributed by atoms with Gasteiger partial charge in [0.2, 0.25) is 0 Å². The van der Waals surface area contributed by atoms with E-state index in [9.17, 15) is 4.79 Å². The lowest BCUT2D eigenvalue weighted by atomic mass is 10.1. The maximum absolute atomic E-state index is 10.6. The molecule has 82 valence electrons. The van der Waals surface area contributed by atoms with Crippen molar-refractivity contribution in [1.29, 1.82) is 0 Å². The average molecular weight is 210 g/mol. The van der Waals surface area contributed by atoms with Crippen molar-refractivity contribution in [1.82, 2.24) is 0 Å². The predicted molar refractivity (Wildman–Crippen MR) is 55.0 cm³/mol. The van der Waals surface area contributed by atoms with Crippen LogP contribution in [0.1, 0.15) is 18.1 Å². The molecule has 0 heterocycles. The molecule has 0 fully saturated rings. The van der Waals surface area contributed by atoms with E-state index in [4.69, 9.17) is 14.6 Å². The molecule has 4 heteroatoms. The molecule has 0 aliphatic carbocycles. The largest absolute Gasteiger partial charge is 0.496 e. The molecule has 0 spiro atoms. The average Bonchev–Trinajstić information content (AvgIpc) is 2.25. The van der Waals surface area contributed by atoms with Crippen LogP contribution in [0.5, 0.6) is 5.75 Å². The van der Waals surface area contributed by atoms with Crippen LogP contribution in [0.15, 0.2) is 24.3 Å². The molecule has 1 aromatic rings. The van der Waals surface area contributed by atoms with Crippen molar-refractivity contribution in [2.45, 2.75) is 12.5 Å². The maximum atomic E-state index is 10.6. The summed E-state index contributed by atoms with van der Waals surface area (Å²) in [4.78, 5) is 10.6. The molecule has 1 atom stereocenters. The molecule has 0 saturated heterocycles. The van der Waals surface area contributed by atoms with Crippen molar-refractivity contribution in [3.8, 4) is 5.75 Å². The number of carboxylic acids is 1. The van der Waals surface area contributed by atoms with E-state index >= 15 is 0 Å². The Hall–Kier alpha value is -1.55. The molecule has 1 rings (SSSR count). The van der Waals surface area contributed by atoms with Gasteiger partial charge in [-0.1, -0.05) is 18.2 Å². The van der Waals surface area contributed by atoms with E-state index in [1.54, 1.807) is 19.2 Å². The minimum Gasteiger partial charge on any atom is -0.496 e. The number of aliphatic carboxylic acids is 1. The third kappa shape index (κ3) is 2.95. The van der Waals surface area contributed by atoms with Crippen molar-refractivity contribution >= 4 is 5.97 Å². The van der Waals surface area contributed by atoms with E-state index < -0.39 is 12.1 Å². The van der Waals surface area contributed by atoms with Crippen LogP contribution in [0.4, 0.5) is 0 Å². The Labute approximate surface area is 88.4 Å². The lowest BCUT2D eigenvalue weighted by molar-refractivity contribution is -0.139. The third-order valence-corrected chi connectivity index (χ3v) is 2.13. The fourth-order valence-electron chi connectivity index (χ4n) is 1.41. The zero-order valence-corrected chi connectivity index (χ0v) is 8.77. The first-order chi connectivity index (χ1) is 7.19. The molecule has 1 aromatic carbocycles. The number of hydrogen-bond donors (Lipinski definition) is 1. The van der Waals surface area contributed by atoms with Gasteiger partial charge in [-0.3, -0.25) is 4.79 Å². The summed E-state index contributed by atoms with van der Waals surface area (Å²) in [7, 11) is 3.03. The molecule has 0 radical (unpaired) electrons. The third-order valence-electron chi connectivity index (χ3n) is 2.13. The van der Waals surface area contributed by atoms with Crippen molar-refractivity contribution in [3.05, 3.63) is 29.8 Å². The molecule has 0 amide bonds. The van der Waals surface area contributed by atoms with E-state index in [1.165, 1.54) is 7.11 Å². The Bertz CT molecular complexity index is 335. The van der Waals surface area contributed by atoms with Gasteiger partial charge in [-0.05, 0) is 6.07 Å². The SMILES string of the molecule is COc1ccccc1C(CC(=O)O)OC. The van der Waals surface area contributed by atoms with Crippen molar-refractivity contribution in [3.63, 3.8) is 0 Å². The fraction of sp³-hybridized carbons (Fsp3) is 0.364. The predicted octanol–water partition coefficient (Wildman–Crippen LogP) is 1.86. The van der Waals surface area contributed by atoms with Gasteiger partial charge in [0.25, 0.3) is 0 Å². The van der Waals surface area contributed by atoms with Gasteiger partial charge < -0.3 is 14.6 Å². The van der Waals surface area contributed by atoms with Crippen LogP contribution in [0, 0.1) is 0 Å². The van der Waals surface area contributed by atoms with Crippen LogP contribution in [0.2, 0.25) is 0 Å². The number of ether oxygens (including phenoxy) is 2. The number of methoxy groups -OCH3 is 2. The molecule has 15 heavy (non-hydrogen) atoms. The van der Waals surface area contributed by atoms with Crippen molar-refractivity contribution in [2.24, 2.45) is 0 Å². The summed E-state index contributed by atoms with van der Waals surface area (Å²) in [5, 5.41) is 8.72. The first kappa shape index (κ1) is 11.5. The molecule has 0 saturated carbocycles. The van der Waals surface area contributed by atoms with Crippen LogP contribution in [-0.4, -0.2) is 25.3 Å². The normalized spacial score (nSPS) is 12.1. The number of benzene rings is 1. The highest BCUT2D eigenvalue weighted by Gasteiger charge is 2.18. The van der Waals surface area contributed by atoms with E-state index in [2.05, 4.69) is 0 Å². The Morgan fingerprint density at radius 3 is 2.60 bits per heavy atom. The van der Waals surface area contributed by atoms with Gasteiger partial charge in [0.1, 0.15) is 5.75 Å². The topological polar surface area (TPSA) is 55.8 Å². The first-order valence-electron chi connectivity index (χ1n) is 4.56. The lowest BCUT2D eigenvalue weighted by Crippen LogP contribution is -2.09. The molecular formula is C11H14O4. The maximum Gasteiger partial charge on any atom is 0.306 e. The van der Waals surface area contributed by atoms with Gasteiger partial charge in [0.15, 0.2) is 0 Å². The lowest BCUT2D eigenvalue weighted by Gasteiger charge is -2.16. The Balaban J connectivity index is 2.95. The summed E-state index contributed by atoms with van der Waals surface area (Å²) >= 11 is 0. The minimum atomic E-state index is -0.896. The quantitative estimate of drug-likeness (QED) is 0.805. The van der Waals surface area contributed by atoms with Gasteiger partial charge in [-0.2, -0.15) is 0 Å². The monoisotopic (exact) mass is 210 g/mol. The Morgan fingerprint density at radius 1 is 1.40 bits per heavy atom. The summed E-state index contributed by atoms with van der Waals surface area (Å²) in [6, 6.07) is 7.24. The second-order valence-electron chi connectivity index (χ2n) is 3.06. The van der Waals surface area contributed by atoms with Crippen molar-refractivity contribution < 1.29 is 19.4 Å². The van der Waals surface area contributed by atoms with Gasteiger partial charge in [-0.25, -0.2) is 0 Å². The summed E-state index contributed by atoms with van der Waals surface area (Å²) in [6.07, 6.45) is -0.546. The number of carboxylic acid groups (broad SMARTS) is 1. The molecule has 4 nitrogen and oxygen atoms in total. The van der Waals surface area contributed by atoms with E-state index in [1.807, 2.05) is 12.1 Å². The molecule has 1 N–H and O–H groups in total. The van der Waals surface area contributed by atoms with Gasteiger partial charge in [0, 0.05) is 12.7 Å². The van der Waals surface area contributed by atoms with E-state index in [0.29, 0.717) is 5.75 Å². The van der Waals surface area contributed by atoms with Gasteiger partial charge in [-0.15, -0.1) is 0 Å². The van der Waals surface area contributed by atoms with Crippen LogP contribution >= 0.6 is 0 Å². The molecule has 1 unspecified atom stereocenters. The summed E-state index contributed by atoms with van der Waals surface area (Å²) in [6.45, 7) is 0. The highest BCUT2D eigenvalue weighted by molar-refractivity contribution is 5.68. The molecular weight excluding hydrogens is 196 g/mol. The van der Waals surface area contributed by atoms with Crippen LogP contribution in [-0.2, 0) is 9.53 Å². The second kappa shape index (κ2) is 5.36. The highest BCUT2D eigenvalue weighted by atomic mass is 16.5. The number of rotatable bonds is 5. The van der Waals surface area contributed by atoms with E-state index in [-0.39, 0.29) is 6.42 Å². The summed E-state index contributed by atoms with van der Waals surface area (Å²) in [5.74, 6) is -0.252. The van der Waals surface area contributed by atoms with Crippen LogP contribution in [0.3, 0.4) is 0 Å².